The lowest BCUT2D eigenvalue weighted by atomic mass is 10.0. The van der Waals surface area contributed by atoms with Gasteiger partial charge in [0.15, 0.2) is 0 Å². The second kappa shape index (κ2) is 4.84. The standard InChI is InChI=1S/C13H10F3N3O/c14-13(15,16)9-2-1-5-19-11(9)8-4-3-7(12(18)20)6-10(8)17/h1-6H,17H2,(H2,18,20). The van der Waals surface area contributed by atoms with Crippen LogP contribution in [0, 0.1) is 0 Å². The minimum Gasteiger partial charge on any atom is -0.398 e. The Morgan fingerprint density at radius 3 is 2.45 bits per heavy atom. The number of rotatable bonds is 2. The molecule has 0 unspecified atom stereocenters. The van der Waals surface area contributed by atoms with Crippen LogP contribution in [0.2, 0.25) is 0 Å². The fraction of sp³-hybridized carbons (Fsp3) is 0.0769. The molecule has 4 nitrogen and oxygen atoms in total. The van der Waals surface area contributed by atoms with Gasteiger partial charge in [-0.1, -0.05) is 0 Å². The van der Waals surface area contributed by atoms with Crippen LogP contribution in [0.3, 0.4) is 0 Å². The van der Waals surface area contributed by atoms with Gasteiger partial charge >= 0.3 is 6.18 Å². The maximum absolute atomic E-state index is 12.9. The van der Waals surface area contributed by atoms with Gasteiger partial charge in [0.2, 0.25) is 5.91 Å². The number of pyridine rings is 1. The summed E-state index contributed by atoms with van der Waals surface area (Å²) in [6.45, 7) is 0. The van der Waals surface area contributed by atoms with E-state index < -0.39 is 17.6 Å². The summed E-state index contributed by atoms with van der Waals surface area (Å²) in [6, 6.07) is 5.95. The molecule has 104 valence electrons. The number of aromatic nitrogens is 1. The zero-order chi connectivity index (χ0) is 14.9. The van der Waals surface area contributed by atoms with Gasteiger partial charge in [-0.25, -0.2) is 0 Å². The van der Waals surface area contributed by atoms with Crippen LogP contribution in [0.25, 0.3) is 11.3 Å². The second-order valence-electron chi connectivity index (χ2n) is 4.06. The average molecular weight is 281 g/mol. The number of nitrogen functional groups attached to an aromatic ring is 1. The number of hydrogen-bond acceptors (Lipinski definition) is 3. The minimum atomic E-state index is -4.54. The van der Waals surface area contributed by atoms with Crippen LogP contribution in [0.4, 0.5) is 18.9 Å². The summed E-state index contributed by atoms with van der Waals surface area (Å²) in [5.41, 5.74) is 9.82. The summed E-state index contributed by atoms with van der Waals surface area (Å²) in [7, 11) is 0. The minimum absolute atomic E-state index is 0.00509. The molecular formula is C13H10F3N3O. The lowest BCUT2D eigenvalue weighted by Crippen LogP contribution is -2.12. The quantitative estimate of drug-likeness (QED) is 0.829. The van der Waals surface area contributed by atoms with E-state index in [9.17, 15) is 18.0 Å². The highest BCUT2D eigenvalue weighted by Gasteiger charge is 2.34. The fourth-order valence-electron chi connectivity index (χ4n) is 1.78. The number of hydrogen-bond donors (Lipinski definition) is 2. The topological polar surface area (TPSA) is 82.0 Å². The normalized spacial score (nSPS) is 11.3. The lowest BCUT2D eigenvalue weighted by molar-refractivity contribution is -0.137. The van der Waals surface area contributed by atoms with E-state index in [-0.39, 0.29) is 22.5 Å². The number of benzene rings is 1. The summed E-state index contributed by atoms with van der Waals surface area (Å²) in [5.74, 6) is -0.708. The molecule has 2 aromatic rings. The van der Waals surface area contributed by atoms with E-state index in [4.69, 9.17) is 11.5 Å². The molecule has 0 bridgehead atoms. The number of nitrogens with zero attached hydrogens (tertiary/aromatic N) is 1. The molecule has 2 rings (SSSR count). The van der Waals surface area contributed by atoms with E-state index in [0.29, 0.717) is 0 Å². The predicted octanol–water partition coefficient (Wildman–Crippen LogP) is 2.45. The second-order valence-corrected chi connectivity index (χ2v) is 4.06. The molecule has 0 saturated heterocycles. The Labute approximate surface area is 112 Å². The van der Waals surface area contributed by atoms with Gasteiger partial charge in [-0.2, -0.15) is 13.2 Å². The summed E-state index contributed by atoms with van der Waals surface area (Å²) in [5, 5.41) is 0. The lowest BCUT2D eigenvalue weighted by Gasteiger charge is -2.13. The molecule has 0 radical (unpaired) electrons. The van der Waals surface area contributed by atoms with Gasteiger partial charge in [0.05, 0.1) is 11.3 Å². The molecule has 1 aromatic heterocycles. The molecule has 0 spiro atoms. The van der Waals surface area contributed by atoms with Crippen molar-refractivity contribution in [1.82, 2.24) is 4.98 Å². The zero-order valence-corrected chi connectivity index (χ0v) is 10.1. The van der Waals surface area contributed by atoms with Crippen LogP contribution in [0.1, 0.15) is 15.9 Å². The third-order valence-electron chi connectivity index (χ3n) is 2.70. The van der Waals surface area contributed by atoms with E-state index in [1.165, 1.54) is 30.5 Å². The monoisotopic (exact) mass is 281 g/mol. The number of primary amides is 1. The predicted molar refractivity (Wildman–Crippen MR) is 67.6 cm³/mol. The van der Waals surface area contributed by atoms with Gasteiger partial charge in [0, 0.05) is 23.0 Å². The largest absolute Gasteiger partial charge is 0.418 e. The first-order valence-electron chi connectivity index (χ1n) is 5.52. The Bertz CT molecular complexity index is 668. The van der Waals surface area contributed by atoms with Crippen molar-refractivity contribution in [3.05, 3.63) is 47.7 Å². The smallest absolute Gasteiger partial charge is 0.398 e. The first-order valence-corrected chi connectivity index (χ1v) is 5.52. The van der Waals surface area contributed by atoms with Crippen molar-refractivity contribution >= 4 is 11.6 Å². The SMILES string of the molecule is NC(=O)c1ccc(-c2ncccc2C(F)(F)F)c(N)c1. The van der Waals surface area contributed by atoms with Crippen molar-refractivity contribution in [3.8, 4) is 11.3 Å². The third-order valence-corrected chi connectivity index (χ3v) is 2.70. The van der Waals surface area contributed by atoms with Crippen molar-refractivity contribution in [1.29, 1.82) is 0 Å². The molecule has 0 aliphatic heterocycles. The molecule has 0 atom stereocenters. The van der Waals surface area contributed by atoms with Gasteiger partial charge in [0.25, 0.3) is 0 Å². The van der Waals surface area contributed by atoms with Crippen molar-refractivity contribution < 1.29 is 18.0 Å². The highest BCUT2D eigenvalue weighted by Crippen LogP contribution is 2.37. The highest BCUT2D eigenvalue weighted by atomic mass is 19.4. The molecule has 1 heterocycles. The summed E-state index contributed by atoms with van der Waals surface area (Å²) in [6.07, 6.45) is -3.30. The Kier molecular flexibility index (Phi) is 3.35. The summed E-state index contributed by atoms with van der Waals surface area (Å²) < 4.78 is 38.8. The van der Waals surface area contributed by atoms with Gasteiger partial charge in [-0.15, -0.1) is 0 Å². The van der Waals surface area contributed by atoms with Crippen LogP contribution in [0.5, 0.6) is 0 Å². The zero-order valence-electron chi connectivity index (χ0n) is 10.1. The van der Waals surface area contributed by atoms with E-state index in [1.807, 2.05) is 0 Å². The van der Waals surface area contributed by atoms with E-state index in [0.717, 1.165) is 6.07 Å². The summed E-state index contributed by atoms with van der Waals surface area (Å²) >= 11 is 0. The number of alkyl halides is 3. The van der Waals surface area contributed by atoms with Crippen LogP contribution in [-0.2, 0) is 6.18 Å². The van der Waals surface area contributed by atoms with Gasteiger partial charge in [-0.3, -0.25) is 9.78 Å². The Balaban J connectivity index is 2.61. The Hall–Kier alpha value is -2.57. The first kappa shape index (κ1) is 13.9. The number of carbonyl (C=O) groups excluding carboxylic acids is 1. The molecule has 1 amide bonds. The molecule has 1 aromatic carbocycles. The van der Waals surface area contributed by atoms with Crippen LogP contribution < -0.4 is 11.5 Å². The molecule has 0 fully saturated rings. The van der Waals surface area contributed by atoms with Gasteiger partial charge < -0.3 is 11.5 Å². The molecule has 0 aliphatic rings. The van der Waals surface area contributed by atoms with Crippen molar-refractivity contribution in [3.63, 3.8) is 0 Å². The van der Waals surface area contributed by atoms with Crippen molar-refractivity contribution in [2.24, 2.45) is 5.73 Å². The van der Waals surface area contributed by atoms with Gasteiger partial charge in [-0.05, 0) is 30.3 Å². The first-order chi connectivity index (χ1) is 9.30. The fourth-order valence-corrected chi connectivity index (χ4v) is 1.78. The number of halogens is 3. The molecular weight excluding hydrogens is 271 g/mol. The summed E-state index contributed by atoms with van der Waals surface area (Å²) in [4.78, 5) is 14.7. The Morgan fingerprint density at radius 1 is 1.20 bits per heavy atom. The van der Waals surface area contributed by atoms with Crippen molar-refractivity contribution in [2.45, 2.75) is 6.18 Å². The average Bonchev–Trinajstić information content (AvgIpc) is 2.37. The third kappa shape index (κ3) is 2.56. The molecule has 0 saturated carbocycles. The number of amides is 1. The van der Waals surface area contributed by atoms with E-state index in [1.54, 1.807) is 0 Å². The maximum atomic E-state index is 12.9. The number of carbonyl (C=O) groups is 1. The highest BCUT2D eigenvalue weighted by molar-refractivity contribution is 5.95. The van der Waals surface area contributed by atoms with Crippen LogP contribution >= 0.6 is 0 Å². The van der Waals surface area contributed by atoms with E-state index in [2.05, 4.69) is 4.98 Å². The Morgan fingerprint density at radius 2 is 1.90 bits per heavy atom. The van der Waals surface area contributed by atoms with Crippen LogP contribution in [-0.4, -0.2) is 10.9 Å². The molecule has 4 N–H and O–H groups in total. The van der Waals surface area contributed by atoms with Crippen LogP contribution in [0.15, 0.2) is 36.5 Å². The van der Waals surface area contributed by atoms with E-state index >= 15 is 0 Å². The molecule has 20 heavy (non-hydrogen) atoms. The molecule has 0 aliphatic carbocycles. The maximum Gasteiger partial charge on any atom is 0.418 e. The number of anilines is 1. The number of nitrogens with two attached hydrogens (primary N) is 2. The van der Waals surface area contributed by atoms with Gasteiger partial charge in [0.1, 0.15) is 0 Å². The van der Waals surface area contributed by atoms with Crippen molar-refractivity contribution in [2.75, 3.05) is 5.73 Å². The molecule has 7 heteroatoms.